The van der Waals surface area contributed by atoms with Gasteiger partial charge in [0.15, 0.2) is 5.78 Å². The van der Waals surface area contributed by atoms with Crippen molar-refractivity contribution in [2.75, 3.05) is 11.9 Å². The van der Waals surface area contributed by atoms with E-state index in [4.69, 9.17) is 14.6 Å². The molecule has 0 bridgehead atoms. The Morgan fingerprint density at radius 2 is 2.07 bits per heavy atom. The zero-order chi connectivity index (χ0) is 20.1. The van der Waals surface area contributed by atoms with Gasteiger partial charge in [-0.15, -0.1) is 0 Å². The highest BCUT2D eigenvalue weighted by Crippen LogP contribution is 2.31. The molecule has 2 aromatic carbocycles. The number of hydrogen-bond acceptors (Lipinski definition) is 6. The van der Waals surface area contributed by atoms with E-state index < -0.39 is 12.3 Å². The number of ketones is 1. The van der Waals surface area contributed by atoms with Crippen LogP contribution in [0, 0.1) is 0 Å². The van der Waals surface area contributed by atoms with Crippen molar-refractivity contribution in [3.05, 3.63) is 65.4 Å². The lowest BCUT2D eigenvalue weighted by Gasteiger charge is -2.27. The van der Waals surface area contributed by atoms with Crippen LogP contribution in [0.1, 0.15) is 40.5 Å². The minimum Gasteiger partial charge on any atom is -0.507 e. The number of Topliss-reactive ketones (excluding diaryl/α,β-unsaturated/α-hetero) is 1. The number of carboxylic acids is 1. The van der Waals surface area contributed by atoms with E-state index in [0.29, 0.717) is 23.6 Å². The lowest BCUT2D eigenvalue weighted by Crippen LogP contribution is -2.33. The standard InChI is InChI=1S/C21H21NO6/c1-2-3-10-27-21-16(19(24)14-6-4-5-7-18(14)28-21)12-22-13-8-9-17(23)15(11-13)20(25)26/h4-9,11-12,21-23H,2-3,10H2,1H3,(H,25,26)/b16-12-. The molecule has 1 aliphatic heterocycles. The fourth-order valence-electron chi connectivity index (χ4n) is 2.75. The Morgan fingerprint density at radius 3 is 2.82 bits per heavy atom. The molecule has 0 amide bonds. The number of unbranched alkanes of at least 4 members (excludes halogenated alkanes) is 1. The molecular formula is C21H21NO6. The molecule has 2 aromatic rings. The number of carboxylic acid groups (broad SMARTS) is 1. The SMILES string of the molecule is CCCCOC1Oc2ccccc2C(=O)/C1=C/Nc1ccc(O)c(C(=O)O)c1. The van der Waals surface area contributed by atoms with Gasteiger partial charge in [0.2, 0.25) is 6.29 Å². The number of aromatic hydroxyl groups is 1. The van der Waals surface area contributed by atoms with E-state index in [1.807, 2.05) is 6.92 Å². The van der Waals surface area contributed by atoms with Crippen LogP contribution in [0.5, 0.6) is 11.5 Å². The molecule has 0 aromatic heterocycles. The third-order valence-electron chi connectivity index (χ3n) is 4.27. The predicted octanol–water partition coefficient (Wildman–Crippen LogP) is 3.80. The third-order valence-corrected chi connectivity index (χ3v) is 4.27. The second-order valence-corrected chi connectivity index (χ2v) is 6.28. The zero-order valence-electron chi connectivity index (χ0n) is 15.3. The van der Waals surface area contributed by atoms with Crippen molar-refractivity contribution in [1.29, 1.82) is 0 Å². The molecule has 3 N–H and O–H groups in total. The summed E-state index contributed by atoms with van der Waals surface area (Å²) in [5, 5.41) is 21.6. The maximum Gasteiger partial charge on any atom is 0.339 e. The maximum atomic E-state index is 12.9. The summed E-state index contributed by atoms with van der Waals surface area (Å²) in [5.41, 5.74) is 0.875. The second-order valence-electron chi connectivity index (χ2n) is 6.28. The highest BCUT2D eigenvalue weighted by molar-refractivity contribution is 6.12. The van der Waals surface area contributed by atoms with Crippen molar-refractivity contribution < 1.29 is 29.3 Å². The molecule has 0 aliphatic carbocycles. The van der Waals surface area contributed by atoms with Gasteiger partial charge in [-0.3, -0.25) is 4.79 Å². The lowest BCUT2D eigenvalue weighted by molar-refractivity contribution is -0.0570. The molecule has 1 heterocycles. The van der Waals surface area contributed by atoms with Crippen LogP contribution >= 0.6 is 0 Å². The Balaban J connectivity index is 1.88. The monoisotopic (exact) mass is 383 g/mol. The number of carbonyl (C=O) groups excluding carboxylic acids is 1. The zero-order valence-corrected chi connectivity index (χ0v) is 15.3. The average Bonchev–Trinajstić information content (AvgIpc) is 2.68. The number of aromatic carboxylic acids is 1. The predicted molar refractivity (Wildman–Crippen MR) is 103 cm³/mol. The first kappa shape index (κ1) is 19.4. The first-order valence-electron chi connectivity index (χ1n) is 8.96. The highest BCUT2D eigenvalue weighted by Gasteiger charge is 2.32. The number of carbonyl (C=O) groups is 2. The lowest BCUT2D eigenvalue weighted by atomic mass is 10.00. The molecule has 1 aliphatic rings. The van der Waals surface area contributed by atoms with Crippen LogP contribution in [0.15, 0.2) is 54.2 Å². The minimum atomic E-state index is -1.25. The van der Waals surface area contributed by atoms with Crippen LogP contribution in [0.25, 0.3) is 0 Å². The number of phenols is 1. The van der Waals surface area contributed by atoms with Gasteiger partial charge >= 0.3 is 5.97 Å². The molecule has 0 spiro atoms. The van der Waals surface area contributed by atoms with Crippen molar-refractivity contribution in [3.8, 4) is 11.5 Å². The van der Waals surface area contributed by atoms with Crippen LogP contribution in [0.2, 0.25) is 0 Å². The fourth-order valence-corrected chi connectivity index (χ4v) is 2.75. The number of para-hydroxylation sites is 1. The van der Waals surface area contributed by atoms with Crippen molar-refractivity contribution in [2.45, 2.75) is 26.1 Å². The molecule has 1 atom stereocenters. The highest BCUT2D eigenvalue weighted by atomic mass is 16.7. The molecule has 0 saturated carbocycles. The molecule has 7 heteroatoms. The first-order valence-corrected chi connectivity index (χ1v) is 8.96. The quantitative estimate of drug-likeness (QED) is 0.379. The van der Waals surface area contributed by atoms with E-state index in [1.165, 1.54) is 24.4 Å². The Kier molecular flexibility index (Phi) is 5.96. The van der Waals surface area contributed by atoms with Crippen LogP contribution in [0.3, 0.4) is 0 Å². The van der Waals surface area contributed by atoms with Gasteiger partial charge in [-0.25, -0.2) is 4.79 Å². The molecule has 28 heavy (non-hydrogen) atoms. The summed E-state index contributed by atoms with van der Waals surface area (Å²) in [6.45, 7) is 2.48. The molecule has 7 nitrogen and oxygen atoms in total. The molecule has 3 rings (SSSR count). The normalized spacial score (nSPS) is 17.1. The summed E-state index contributed by atoms with van der Waals surface area (Å²) >= 11 is 0. The summed E-state index contributed by atoms with van der Waals surface area (Å²) in [5.74, 6) is -1.35. The molecule has 0 radical (unpaired) electrons. The Labute approximate surface area is 162 Å². The first-order chi connectivity index (χ1) is 13.5. The van der Waals surface area contributed by atoms with Crippen molar-refractivity contribution in [3.63, 3.8) is 0 Å². The third kappa shape index (κ3) is 4.15. The number of fused-ring (bicyclic) bond motifs is 1. The smallest absolute Gasteiger partial charge is 0.339 e. The fraction of sp³-hybridized carbons (Fsp3) is 0.238. The van der Waals surface area contributed by atoms with Gasteiger partial charge in [0.1, 0.15) is 17.1 Å². The largest absolute Gasteiger partial charge is 0.507 e. The number of benzene rings is 2. The van der Waals surface area contributed by atoms with Gasteiger partial charge in [-0.1, -0.05) is 25.5 Å². The molecular weight excluding hydrogens is 362 g/mol. The minimum absolute atomic E-state index is 0.229. The molecule has 1 unspecified atom stereocenters. The van der Waals surface area contributed by atoms with E-state index in [2.05, 4.69) is 5.32 Å². The van der Waals surface area contributed by atoms with Crippen LogP contribution in [-0.2, 0) is 4.74 Å². The number of rotatable bonds is 7. The number of anilines is 1. The Morgan fingerprint density at radius 1 is 1.29 bits per heavy atom. The molecule has 0 fully saturated rings. The van der Waals surface area contributed by atoms with E-state index in [9.17, 15) is 14.7 Å². The van der Waals surface area contributed by atoms with Gasteiger partial charge in [0.25, 0.3) is 0 Å². The number of hydrogen-bond donors (Lipinski definition) is 3. The summed E-state index contributed by atoms with van der Waals surface area (Å²) in [4.78, 5) is 24.1. The van der Waals surface area contributed by atoms with Gasteiger partial charge < -0.3 is 25.0 Å². The van der Waals surface area contributed by atoms with Gasteiger partial charge in [0.05, 0.1) is 17.7 Å². The second kappa shape index (κ2) is 8.58. The number of nitrogens with one attached hydrogen (secondary N) is 1. The van der Waals surface area contributed by atoms with Crippen molar-refractivity contribution in [2.24, 2.45) is 0 Å². The Hall–Kier alpha value is -3.32. The van der Waals surface area contributed by atoms with E-state index in [-0.39, 0.29) is 22.7 Å². The maximum absolute atomic E-state index is 12.9. The van der Waals surface area contributed by atoms with Crippen LogP contribution in [-0.4, -0.2) is 34.9 Å². The van der Waals surface area contributed by atoms with E-state index in [0.717, 1.165) is 12.8 Å². The van der Waals surface area contributed by atoms with Crippen LogP contribution in [0.4, 0.5) is 5.69 Å². The Bertz CT molecular complexity index is 921. The summed E-state index contributed by atoms with van der Waals surface area (Å²) in [7, 11) is 0. The van der Waals surface area contributed by atoms with E-state index >= 15 is 0 Å². The van der Waals surface area contributed by atoms with Crippen LogP contribution < -0.4 is 10.1 Å². The van der Waals surface area contributed by atoms with Gasteiger partial charge in [0, 0.05) is 11.9 Å². The summed E-state index contributed by atoms with van der Waals surface area (Å²) < 4.78 is 11.6. The topological polar surface area (TPSA) is 105 Å². The van der Waals surface area contributed by atoms with Gasteiger partial charge in [-0.05, 0) is 36.8 Å². The van der Waals surface area contributed by atoms with E-state index in [1.54, 1.807) is 24.3 Å². The van der Waals surface area contributed by atoms with Crippen molar-refractivity contribution in [1.82, 2.24) is 0 Å². The number of ether oxygens (including phenoxy) is 2. The van der Waals surface area contributed by atoms with Gasteiger partial charge in [-0.2, -0.15) is 0 Å². The summed E-state index contributed by atoms with van der Waals surface area (Å²) in [6, 6.07) is 11.0. The molecule has 0 saturated heterocycles. The summed E-state index contributed by atoms with van der Waals surface area (Å²) in [6.07, 6.45) is 2.36. The molecule has 146 valence electrons. The van der Waals surface area contributed by atoms with Crippen molar-refractivity contribution >= 4 is 17.4 Å². The average molecular weight is 383 g/mol.